The van der Waals surface area contributed by atoms with Crippen molar-refractivity contribution in [2.75, 3.05) is 0 Å². The van der Waals surface area contributed by atoms with E-state index in [4.69, 9.17) is 5.26 Å². The molecule has 0 aromatic carbocycles. The summed E-state index contributed by atoms with van der Waals surface area (Å²) in [7, 11) is 0. The molecule has 0 aliphatic rings. The second-order valence-electron chi connectivity index (χ2n) is 3.57. The molecule has 0 spiro atoms. The van der Waals surface area contributed by atoms with Crippen molar-refractivity contribution in [2.24, 2.45) is 0 Å². The monoisotopic (exact) mass is 216 g/mol. The summed E-state index contributed by atoms with van der Waals surface area (Å²) in [4.78, 5) is 11.9. The van der Waals surface area contributed by atoms with Crippen LogP contribution in [0, 0.1) is 11.3 Å². The van der Waals surface area contributed by atoms with E-state index < -0.39 is 0 Å². The van der Waals surface area contributed by atoms with Gasteiger partial charge >= 0.3 is 0 Å². The molecule has 0 amide bonds. The maximum atomic E-state index is 11.9. The Morgan fingerprint density at radius 1 is 1.38 bits per heavy atom. The number of aromatic nitrogens is 3. The Labute approximate surface area is 92.5 Å². The van der Waals surface area contributed by atoms with Crippen LogP contribution in [0.15, 0.2) is 29.5 Å². The van der Waals surface area contributed by atoms with Gasteiger partial charge in [-0.3, -0.25) is 4.79 Å². The minimum Gasteiger partial charge on any atom is -0.312 e. The Hall–Kier alpha value is -2.09. The lowest BCUT2D eigenvalue weighted by Gasteiger charge is -2.04. The summed E-state index contributed by atoms with van der Waals surface area (Å²) in [5.74, 6) is 0. The van der Waals surface area contributed by atoms with Gasteiger partial charge in [-0.25, -0.2) is 4.52 Å². The average Bonchev–Trinajstić information content (AvgIpc) is 2.76. The van der Waals surface area contributed by atoms with Gasteiger partial charge in [-0.1, -0.05) is 0 Å². The van der Waals surface area contributed by atoms with Crippen molar-refractivity contribution in [3.05, 3.63) is 35.0 Å². The van der Waals surface area contributed by atoms with Gasteiger partial charge in [0.25, 0.3) is 5.56 Å². The lowest BCUT2D eigenvalue weighted by atomic mass is 10.2. The second-order valence-corrected chi connectivity index (χ2v) is 3.57. The smallest absolute Gasteiger partial charge is 0.276 e. The largest absolute Gasteiger partial charge is 0.312 e. The van der Waals surface area contributed by atoms with Gasteiger partial charge in [-0.05, 0) is 18.9 Å². The summed E-state index contributed by atoms with van der Waals surface area (Å²) in [6.07, 6.45) is 7.32. The Kier molecular flexibility index (Phi) is 3.01. The first kappa shape index (κ1) is 10.4. The molecule has 0 atom stereocenters. The first-order chi connectivity index (χ1) is 7.83. The van der Waals surface area contributed by atoms with Crippen LogP contribution in [0.2, 0.25) is 0 Å². The maximum Gasteiger partial charge on any atom is 0.276 e. The fourth-order valence-corrected chi connectivity index (χ4v) is 1.62. The van der Waals surface area contributed by atoms with E-state index in [-0.39, 0.29) is 5.56 Å². The van der Waals surface area contributed by atoms with E-state index in [9.17, 15) is 4.79 Å². The van der Waals surface area contributed by atoms with Gasteiger partial charge in [-0.15, -0.1) is 0 Å². The molecule has 16 heavy (non-hydrogen) atoms. The zero-order valence-electron chi connectivity index (χ0n) is 8.83. The van der Waals surface area contributed by atoms with E-state index in [1.807, 2.05) is 0 Å². The maximum absolute atomic E-state index is 11.9. The first-order valence-electron chi connectivity index (χ1n) is 5.22. The van der Waals surface area contributed by atoms with E-state index in [0.717, 1.165) is 12.8 Å². The van der Waals surface area contributed by atoms with Gasteiger partial charge in [0.2, 0.25) is 0 Å². The molecular weight excluding hydrogens is 204 g/mol. The number of nitriles is 1. The number of nitrogens with zero attached hydrogens (tertiary/aromatic N) is 4. The fraction of sp³-hybridized carbons (Fsp3) is 0.364. The van der Waals surface area contributed by atoms with Crippen molar-refractivity contribution in [3.63, 3.8) is 0 Å². The molecule has 5 nitrogen and oxygen atoms in total. The highest BCUT2D eigenvalue weighted by atomic mass is 16.1. The standard InChI is InChI=1S/C11H12N4O/c12-5-2-1-3-7-14-8-9-15-10(11(14)16)4-6-13-15/h4,6,8-9H,1-3,7H2. The predicted molar refractivity (Wildman–Crippen MR) is 58.9 cm³/mol. The highest BCUT2D eigenvalue weighted by Gasteiger charge is 2.02. The van der Waals surface area contributed by atoms with Crippen molar-refractivity contribution in [1.29, 1.82) is 5.26 Å². The molecule has 5 heteroatoms. The molecule has 0 radical (unpaired) electrons. The van der Waals surface area contributed by atoms with Crippen LogP contribution in [0.3, 0.4) is 0 Å². The van der Waals surface area contributed by atoms with E-state index in [2.05, 4.69) is 11.2 Å². The van der Waals surface area contributed by atoms with Gasteiger partial charge in [0.15, 0.2) is 0 Å². The van der Waals surface area contributed by atoms with E-state index in [1.54, 1.807) is 33.7 Å². The molecule has 82 valence electrons. The highest BCUT2D eigenvalue weighted by Crippen LogP contribution is 1.99. The zero-order valence-corrected chi connectivity index (χ0v) is 8.83. The number of hydrogen-bond acceptors (Lipinski definition) is 3. The molecule has 0 fully saturated rings. The van der Waals surface area contributed by atoms with Crippen molar-refractivity contribution < 1.29 is 0 Å². The second kappa shape index (κ2) is 4.62. The molecule has 2 heterocycles. The minimum atomic E-state index is -0.0306. The van der Waals surface area contributed by atoms with Crippen molar-refractivity contribution in [1.82, 2.24) is 14.2 Å². The SMILES string of the molecule is N#CCCCCn1ccn2nccc2c1=O. The van der Waals surface area contributed by atoms with Crippen LogP contribution in [0.4, 0.5) is 0 Å². The van der Waals surface area contributed by atoms with E-state index in [0.29, 0.717) is 18.5 Å². The molecular formula is C11H12N4O. The zero-order chi connectivity index (χ0) is 11.4. The summed E-state index contributed by atoms with van der Waals surface area (Å²) >= 11 is 0. The molecule has 0 N–H and O–H groups in total. The number of hydrogen-bond donors (Lipinski definition) is 0. The Bertz CT molecular complexity index is 575. The summed E-state index contributed by atoms with van der Waals surface area (Å²) in [6.45, 7) is 0.655. The van der Waals surface area contributed by atoms with Crippen LogP contribution in [-0.2, 0) is 6.54 Å². The number of fused-ring (bicyclic) bond motifs is 1. The molecule has 0 aliphatic heterocycles. The van der Waals surface area contributed by atoms with Gasteiger partial charge in [0.1, 0.15) is 5.52 Å². The fourth-order valence-electron chi connectivity index (χ4n) is 1.62. The third kappa shape index (κ3) is 1.96. The van der Waals surface area contributed by atoms with Gasteiger partial charge < -0.3 is 4.57 Å². The lowest BCUT2D eigenvalue weighted by Crippen LogP contribution is -2.21. The molecule has 0 unspecified atom stereocenters. The third-order valence-corrected chi connectivity index (χ3v) is 2.48. The quantitative estimate of drug-likeness (QED) is 0.721. The third-order valence-electron chi connectivity index (χ3n) is 2.48. The number of aryl methyl sites for hydroxylation is 1. The summed E-state index contributed by atoms with van der Waals surface area (Å²) in [6, 6.07) is 3.80. The molecule has 2 aromatic heterocycles. The van der Waals surface area contributed by atoms with Crippen LogP contribution in [0.25, 0.3) is 5.52 Å². The van der Waals surface area contributed by atoms with Gasteiger partial charge in [0, 0.05) is 25.4 Å². The highest BCUT2D eigenvalue weighted by molar-refractivity contribution is 5.42. The lowest BCUT2D eigenvalue weighted by molar-refractivity contribution is 0.596. The predicted octanol–water partition coefficient (Wildman–Crippen LogP) is 1.19. The van der Waals surface area contributed by atoms with Gasteiger partial charge in [0.05, 0.1) is 12.3 Å². The van der Waals surface area contributed by atoms with Crippen molar-refractivity contribution in [2.45, 2.75) is 25.8 Å². The van der Waals surface area contributed by atoms with Crippen molar-refractivity contribution in [3.8, 4) is 6.07 Å². The molecule has 0 bridgehead atoms. The summed E-state index contributed by atoms with van der Waals surface area (Å²) in [5.41, 5.74) is 0.555. The normalized spacial score (nSPS) is 10.4. The molecule has 2 aromatic rings. The van der Waals surface area contributed by atoms with Crippen LogP contribution < -0.4 is 5.56 Å². The van der Waals surface area contributed by atoms with Crippen LogP contribution in [0.5, 0.6) is 0 Å². The summed E-state index contributed by atoms with van der Waals surface area (Å²) in [5, 5.41) is 12.4. The van der Waals surface area contributed by atoms with Crippen molar-refractivity contribution >= 4 is 5.52 Å². The molecule has 0 saturated heterocycles. The van der Waals surface area contributed by atoms with Crippen LogP contribution in [0.1, 0.15) is 19.3 Å². The van der Waals surface area contributed by atoms with E-state index in [1.165, 1.54) is 0 Å². The molecule has 2 rings (SSSR count). The average molecular weight is 216 g/mol. The Morgan fingerprint density at radius 2 is 2.25 bits per heavy atom. The minimum absolute atomic E-state index is 0.0306. The molecule has 0 saturated carbocycles. The molecule has 0 aliphatic carbocycles. The topological polar surface area (TPSA) is 63.1 Å². The summed E-state index contributed by atoms with van der Waals surface area (Å²) < 4.78 is 3.22. The van der Waals surface area contributed by atoms with Crippen LogP contribution >= 0.6 is 0 Å². The Balaban J connectivity index is 2.16. The number of unbranched alkanes of at least 4 members (excludes halogenated alkanes) is 2. The first-order valence-corrected chi connectivity index (χ1v) is 5.22. The van der Waals surface area contributed by atoms with Crippen LogP contribution in [-0.4, -0.2) is 14.2 Å². The number of rotatable bonds is 4. The Morgan fingerprint density at radius 3 is 3.06 bits per heavy atom. The van der Waals surface area contributed by atoms with E-state index >= 15 is 0 Å². The van der Waals surface area contributed by atoms with Gasteiger partial charge in [-0.2, -0.15) is 10.4 Å².